The zero-order chi connectivity index (χ0) is 16.2. The summed E-state index contributed by atoms with van der Waals surface area (Å²) in [6.07, 6.45) is -0.916. The normalized spacial score (nSPS) is 20.6. The lowest BCUT2D eigenvalue weighted by Crippen LogP contribution is -2.31. The van der Waals surface area contributed by atoms with Crippen molar-refractivity contribution in [3.05, 3.63) is 24.3 Å². The molecule has 1 atom stereocenters. The number of carbonyl (C=O) groups excluding carboxylic acids is 2. The molecule has 2 aliphatic rings. The van der Waals surface area contributed by atoms with Gasteiger partial charge in [0.05, 0.1) is 13.1 Å². The van der Waals surface area contributed by atoms with Crippen molar-refractivity contribution in [3.63, 3.8) is 0 Å². The third-order valence-corrected chi connectivity index (χ3v) is 3.87. The third kappa shape index (κ3) is 3.43. The van der Waals surface area contributed by atoms with Gasteiger partial charge in [0.25, 0.3) is 0 Å². The van der Waals surface area contributed by atoms with E-state index in [-0.39, 0.29) is 18.3 Å². The van der Waals surface area contributed by atoms with Crippen LogP contribution in [-0.2, 0) is 9.47 Å². The summed E-state index contributed by atoms with van der Waals surface area (Å²) in [5, 5.41) is 4.69. The van der Waals surface area contributed by atoms with Crippen LogP contribution in [0.1, 0.15) is 0 Å². The third-order valence-electron chi connectivity index (χ3n) is 3.71. The molecule has 8 heteroatoms. The summed E-state index contributed by atoms with van der Waals surface area (Å²) in [6, 6.07) is 7.20. The number of ether oxygens (including phenoxy) is 2. The van der Waals surface area contributed by atoms with E-state index in [1.54, 1.807) is 39.4 Å². The molecule has 23 heavy (non-hydrogen) atoms. The number of thiocarbonyl (C=S) groups is 1. The lowest BCUT2D eigenvalue weighted by Gasteiger charge is -2.16. The van der Waals surface area contributed by atoms with Gasteiger partial charge in [0.2, 0.25) is 0 Å². The smallest absolute Gasteiger partial charge is 0.414 e. The highest BCUT2D eigenvalue weighted by Gasteiger charge is 2.32. The zero-order valence-electron chi connectivity index (χ0n) is 12.4. The van der Waals surface area contributed by atoms with Crippen LogP contribution >= 0.6 is 12.2 Å². The summed E-state index contributed by atoms with van der Waals surface area (Å²) in [5.41, 5.74) is 1.49. The second-order valence-electron chi connectivity index (χ2n) is 5.22. The fourth-order valence-electron chi connectivity index (χ4n) is 2.58. The predicted octanol–water partition coefficient (Wildman–Crippen LogP) is 1.56. The van der Waals surface area contributed by atoms with Gasteiger partial charge < -0.3 is 14.8 Å². The molecule has 1 aromatic rings. The molecule has 2 saturated heterocycles. The molecule has 0 aliphatic carbocycles. The fourth-order valence-corrected chi connectivity index (χ4v) is 2.70. The average molecular weight is 335 g/mol. The Morgan fingerprint density at radius 2 is 1.87 bits per heavy atom. The summed E-state index contributed by atoms with van der Waals surface area (Å²) in [5.74, 6) is 0. The van der Waals surface area contributed by atoms with E-state index in [1.165, 1.54) is 0 Å². The lowest BCUT2D eigenvalue weighted by molar-refractivity contribution is 0.141. The van der Waals surface area contributed by atoms with Gasteiger partial charge >= 0.3 is 12.2 Å². The first-order valence-electron chi connectivity index (χ1n) is 7.36. The molecule has 2 aliphatic heterocycles. The average Bonchev–Trinajstić information content (AvgIpc) is 3.14. The molecule has 0 unspecified atom stereocenters. The first-order valence-corrected chi connectivity index (χ1v) is 7.83. The molecule has 0 radical (unpaired) electrons. The zero-order valence-corrected chi connectivity index (χ0v) is 13.3. The van der Waals surface area contributed by atoms with Crippen LogP contribution < -0.4 is 15.1 Å². The lowest BCUT2D eigenvalue weighted by atomic mass is 10.2. The van der Waals surface area contributed by atoms with E-state index in [2.05, 4.69) is 5.32 Å². The van der Waals surface area contributed by atoms with Gasteiger partial charge in [-0.15, -0.1) is 0 Å². The van der Waals surface area contributed by atoms with Gasteiger partial charge in [-0.3, -0.25) is 9.80 Å². The van der Waals surface area contributed by atoms with Crippen LogP contribution in [0.4, 0.5) is 21.0 Å². The summed E-state index contributed by atoms with van der Waals surface area (Å²) in [6.45, 7) is 2.58. The van der Waals surface area contributed by atoms with Crippen molar-refractivity contribution in [2.45, 2.75) is 6.10 Å². The number of hydrogen-bond acceptors (Lipinski definition) is 6. The number of cyclic esters (lactones) is 2. The van der Waals surface area contributed by atoms with E-state index >= 15 is 0 Å². The van der Waals surface area contributed by atoms with Gasteiger partial charge in [-0.1, -0.05) is 12.2 Å². The first kappa shape index (κ1) is 15.7. The fraction of sp³-hybridized carbons (Fsp3) is 0.400. The van der Waals surface area contributed by atoms with Crippen molar-refractivity contribution < 1.29 is 19.1 Å². The number of nitrogens with one attached hydrogen (secondary N) is 1. The largest absolute Gasteiger partial charge is 0.447 e. The Labute approximate surface area is 139 Å². The van der Waals surface area contributed by atoms with E-state index in [4.69, 9.17) is 21.7 Å². The predicted molar refractivity (Wildman–Crippen MR) is 89.3 cm³/mol. The van der Waals surface area contributed by atoms with Gasteiger partial charge in [0, 0.05) is 24.5 Å². The molecule has 2 heterocycles. The van der Waals surface area contributed by atoms with E-state index in [0.29, 0.717) is 32.8 Å². The number of hydrogen-bond donors (Lipinski definition) is 1. The molecular weight excluding hydrogens is 318 g/mol. The number of nitrogens with zero attached hydrogens (tertiary/aromatic N) is 2. The van der Waals surface area contributed by atoms with Crippen molar-refractivity contribution in [2.75, 3.05) is 42.6 Å². The second-order valence-corrected chi connectivity index (χ2v) is 5.56. The Hall–Kier alpha value is -2.19. The van der Waals surface area contributed by atoms with Crippen molar-refractivity contribution in [2.24, 2.45) is 0 Å². The van der Waals surface area contributed by atoms with E-state index in [1.807, 2.05) is 0 Å². The van der Waals surface area contributed by atoms with Crippen LogP contribution in [0.3, 0.4) is 0 Å². The summed E-state index contributed by atoms with van der Waals surface area (Å²) >= 11 is 4.74. The number of amides is 2. The van der Waals surface area contributed by atoms with Crippen LogP contribution in [0.15, 0.2) is 24.3 Å². The van der Waals surface area contributed by atoms with Gasteiger partial charge in [0.15, 0.2) is 0 Å². The number of carbonyl (C=O) groups is 2. The molecule has 0 saturated carbocycles. The van der Waals surface area contributed by atoms with Crippen LogP contribution in [0, 0.1) is 0 Å². The minimum absolute atomic E-state index is 0.203. The maximum absolute atomic E-state index is 12.0. The minimum Gasteiger partial charge on any atom is -0.447 e. The molecule has 2 amide bonds. The Bertz CT molecular complexity index is 607. The quantitative estimate of drug-likeness (QED) is 0.628. The minimum atomic E-state index is -0.368. The van der Waals surface area contributed by atoms with Crippen LogP contribution in [-0.4, -0.2) is 56.4 Å². The highest BCUT2D eigenvalue weighted by Crippen LogP contribution is 2.26. The summed E-state index contributed by atoms with van der Waals surface area (Å²) in [4.78, 5) is 26.7. The first-order chi connectivity index (χ1) is 11.2. The van der Waals surface area contributed by atoms with Crippen LogP contribution in [0.25, 0.3) is 0 Å². The Morgan fingerprint density at radius 1 is 1.17 bits per heavy atom. The molecule has 3 rings (SSSR count). The highest BCUT2D eigenvalue weighted by molar-refractivity contribution is 7.79. The van der Waals surface area contributed by atoms with Gasteiger partial charge in [0.1, 0.15) is 12.7 Å². The maximum Gasteiger partial charge on any atom is 0.414 e. The summed E-state index contributed by atoms with van der Waals surface area (Å²) < 4.78 is 10.2. The molecule has 0 spiro atoms. The molecule has 7 nitrogen and oxygen atoms in total. The van der Waals surface area contributed by atoms with Crippen LogP contribution in [0.2, 0.25) is 0 Å². The van der Waals surface area contributed by atoms with Crippen molar-refractivity contribution >= 4 is 41.1 Å². The van der Waals surface area contributed by atoms with E-state index in [9.17, 15) is 9.59 Å². The number of rotatable bonds is 6. The van der Waals surface area contributed by atoms with Gasteiger partial charge in [-0.2, -0.15) is 0 Å². The Kier molecular flexibility index (Phi) is 4.73. The van der Waals surface area contributed by atoms with Crippen molar-refractivity contribution in [1.29, 1.82) is 0 Å². The molecule has 1 N–H and O–H groups in total. The Balaban J connectivity index is 1.64. The summed E-state index contributed by atoms with van der Waals surface area (Å²) in [7, 11) is 0. The SMILES string of the molecule is O=C1OCCN1c1ccc(N2C[C@H](CNCC=S)OC2=O)cc1. The Morgan fingerprint density at radius 3 is 2.48 bits per heavy atom. The number of benzene rings is 1. The molecule has 122 valence electrons. The molecule has 0 aromatic heterocycles. The van der Waals surface area contributed by atoms with Crippen molar-refractivity contribution in [3.8, 4) is 0 Å². The molecule has 2 fully saturated rings. The van der Waals surface area contributed by atoms with E-state index < -0.39 is 0 Å². The topological polar surface area (TPSA) is 71.1 Å². The second kappa shape index (κ2) is 6.93. The molecular formula is C15H17N3O4S. The molecule has 1 aromatic carbocycles. The van der Waals surface area contributed by atoms with Gasteiger partial charge in [-0.25, -0.2) is 9.59 Å². The monoisotopic (exact) mass is 335 g/mol. The van der Waals surface area contributed by atoms with Crippen molar-refractivity contribution in [1.82, 2.24) is 5.32 Å². The number of anilines is 2. The van der Waals surface area contributed by atoms with Crippen LogP contribution in [0.5, 0.6) is 0 Å². The standard InChI is InChI=1S/C15H17N3O4S/c19-14-17(6-7-21-14)11-1-3-12(4-2-11)18-10-13(22-15(18)20)9-16-5-8-23/h1-4,8,13,16H,5-7,9-10H2/t13-/m0/s1. The van der Waals surface area contributed by atoms with Gasteiger partial charge in [-0.05, 0) is 29.6 Å². The highest BCUT2D eigenvalue weighted by atomic mass is 32.1. The maximum atomic E-state index is 12.0. The molecule has 0 bridgehead atoms. The van der Waals surface area contributed by atoms with E-state index in [0.717, 1.165) is 11.4 Å².